The van der Waals surface area contributed by atoms with Crippen molar-refractivity contribution in [3.63, 3.8) is 0 Å². The average Bonchev–Trinajstić information content (AvgIpc) is 3.08. The van der Waals surface area contributed by atoms with Gasteiger partial charge in [-0.15, -0.1) is 0 Å². The second-order valence-electron chi connectivity index (χ2n) is 15.9. The highest BCUT2D eigenvalue weighted by Crippen LogP contribution is 2.16. The Morgan fingerprint density at radius 1 is 0.380 bits per heavy atom. The van der Waals surface area contributed by atoms with E-state index in [1.54, 1.807) is 0 Å². The van der Waals surface area contributed by atoms with Crippen LogP contribution in [-0.2, 0) is 28.6 Å². The predicted molar refractivity (Wildman–Crippen MR) is 210 cm³/mol. The van der Waals surface area contributed by atoms with Crippen LogP contribution in [0, 0.1) is 11.8 Å². The van der Waals surface area contributed by atoms with E-state index in [0.29, 0.717) is 19.3 Å². The number of hydrogen-bond acceptors (Lipinski definition) is 6. The second kappa shape index (κ2) is 37.2. The standard InChI is InChI=1S/C44H84O6/c1-6-7-8-9-10-11-12-13-14-18-24-29-34-42(45)48-37-41(38-49-43(46)35-30-25-21-20-23-28-33-40(4)5)50-44(47)36-31-26-19-16-15-17-22-27-32-39(2)3/h39-41H,6-38H2,1-5H3/t41-/m0/s1. The summed E-state index contributed by atoms with van der Waals surface area (Å²) in [5.74, 6) is 0.690. The van der Waals surface area contributed by atoms with E-state index in [9.17, 15) is 14.4 Å². The van der Waals surface area contributed by atoms with Crippen molar-refractivity contribution in [3.8, 4) is 0 Å². The Labute approximate surface area is 310 Å². The third kappa shape index (κ3) is 37.7. The molecule has 0 N–H and O–H groups in total. The van der Waals surface area contributed by atoms with Crippen LogP contribution in [0.1, 0.15) is 234 Å². The smallest absolute Gasteiger partial charge is 0.306 e. The summed E-state index contributed by atoms with van der Waals surface area (Å²) in [5.41, 5.74) is 0. The maximum atomic E-state index is 12.7. The Kier molecular flexibility index (Phi) is 36.0. The third-order valence-electron chi connectivity index (χ3n) is 9.72. The van der Waals surface area contributed by atoms with E-state index in [-0.39, 0.29) is 31.1 Å². The molecular formula is C44H84O6. The molecule has 50 heavy (non-hydrogen) atoms. The van der Waals surface area contributed by atoms with Gasteiger partial charge >= 0.3 is 17.9 Å². The molecule has 0 aromatic heterocycles. The zero-order valence-corrected chi connectivity index (χ0v) is 34.0. The molecule has 0 aliphatic carbocycles. The van der Waals surface area contributed by atoms with Gasteiger partial charge in [-0.3, -0.25) is 14.4 Å². The normalized spacial score (nSPS) is 12.1. The van der Waals surface area contributed by atoms with Gasteiger partial charge in [-0.2, -0.15) is 0 Å². The van der Waals surface area contributed by atoms with Crippen LogP contribution in [0.4, 0.5) is 0 Å². The summed E-state index contributed by atoms with van der Waals surface area (Å²) in [6.07, 6.45) is 33.9. The van der Waals surface area contributed by atoms with Crippen molar-refractivity contribution in [2.75, 3.05) is 13.2 Å². The Balaban J connectivity index is 4.34. The molecule has 0 amide bonds. The highest BCUT2D eigenvalue weighted by atomic mass is 16.6. The van der Waals surface area contributed by atoms with Gasteiger partial charge in [0.25, 0.3) is 0 Å². The van der Waals surface area contributed by atoms with Gasteiger partial charge in [0.05, 0.1) is 0 Å². The van der Waals surface area contributed by atoms with Crippen molar-refractivity contribution in [2.24, 2.45) is 11.8 Å². The van der Waals surface area contributed by atoms with Crippen molar-refractivity contribution < 1.29 is 28.6 Å². The van der Waals surface area contributed by atoms with E-state index in [4.69, 9.17) is 14.2 Å². The molecule has 0 bridgehead atoms. The largest absolute Gasteiger partial charge is 0.462 e. The summed E-state index contributed by atoms with van der Waals surface area (Å²) >= 11 is 0. The molecule has 0 rings (SSSR count). The van der Waals surface area contributed by atoms with Crippen molar-refractivity contribution in [3.05, 3.63) is 0 Å². The molecule has 296 valence electrons. The first kappa shape index (κ1) is 48.4. The molecule has 0 fully saturated rings. The SMILES string of the molecule is CCCCCCCCCCCCCCC(=O)OC[C@@H](COC(=O)CCCCCCCCC(C)C)OC(=O)CCCCCCCCCCC(C)C. The zero-order chi connectivity index (χ0) is 36.9. The van der Waals surface area contributed by atoms with Crippen LogP contribution in [0.3, 0.4) is 0 Å². The lowest BCUT2D eigenvalue weighted by Crippen LogP contribution is -2.30. The third-order valence-corrected chi connectivity index (χ3v) is 9.72. The molecule has 0 heterocycles. The van der Waals surface area contributed by atoms with Gasteiger partial charge in [-0.25, -0.2) is 0 Å². The second-order valence-corrected chi connectivity index (χ2v) is 15.9. The summed E-state index contributed by atoms with van der Waals surface area (Å²) in [5, 5.41) is 0. The number of unbranched alkanes of at least 4 members (excludes halogenated alkanes) is 23. The first-order chi connectivity index (χ1) is 24.2. The Bertz CT molecular complexity index is 764. The van der Waals surface area contributed by atoms with Crippen LogP contribution in [0.5, 0.6) is 0 Å². The van der Waals surface area contributed by atoms with Crippen LogP contribution in [-0.4, -0.2) is 37.2 Å². The lowest BCUT2D eigenvalue weighted by Gasteiger charge is -2.18. The fourth-order valence-electron chi connectivity index (χ4n) is 6.40. The predicted octanol–water partition coefficient (Wildman–Crippen LogP) is 13.4. The Morgan fingerprint density at radius 3 is 0.980 bits per heavy atom. The monoisotopic (exact) mass is 709 g/mol. The minimum Gasteiger partial charge on any atom is -0.462 e. The molecule has 0 aromatic rings. The van der Waals surface area contributed by atoms with Crippen LogP contribution < -0.4 is 0 Å². The number of rotatable bonds is 38. The molecule has 0 unspecified atom stereocenters. The summed E-state index contributed by atoms with van der Waals surface area (Å²) < 4.78 is 16.7. The van der Waals surface area contributed by atoms with Crippen molar-refractivity contribution in [2.45, 2.75) is 240 Å². The highest BCUT2D eigenvalue weighted by Gasteiger charge is 2.19. The molecule has 0 aliphatic heterocycles. The van der Waals surface area contributed by atoms with E-state index < -0.39 is 6.10 Å². The molecule has 6 nitrogen and oxygen atoms in total. The highest BCUT2D eigenvalue weighted by molar-refractivity contribution is 5.71. The number of esters is 3. The Hall–Kier alpha value is -1.59. The topological polar surface area (TPSA) is 78.9 Å². The lowest BCUT2D eigenvalue weighted by atomic mass is 10.0. The number of hydrogen-bond donors (Lipinski definition) is 0. The van der Waals surface area contributed by atoms with Crippen molar-refractivity contribution >= 4 is 17.9 Å². The van der Waals surface area contributed by atoms with E-state index in [0.717, 1.165) is 69.6 Å². The molecule has 0 aliphatic rings. The van der Waals surface area contributed by atoms with Gasteiger partial charge in [0, 0.05) is 19.3 Å². The zero-order valence-electron chi connectivity index (χ0n) is 34.0. The molecule has 0 aromatic carbocycles. The quantitative estimate of drug-likeness (QED) is 0.0361. The first-order valence-corrected chi connectivity index (χ1v) is 21.7. The van der Waals surface area contributed by atoms with Crippen molar-refractivity contribution in [1.82, 2.24) is 0 Å². The number of carbonyl (C=O) groups is 3. The molecule has 0 saturated carbocycles. The molecule has 1 atom stereocenters. The summed E-state index contributed by atoms with van der Waals surface area (Å²) in [6, 6.07) is 0. The summed E-state index contributed by atoms with van der Waals surface area (Å²) in [6.45, 7) is 11.2. The molecule has 0 saturated heterocycles. The van der Waals surface area contributed by atoms with E-state index in [1.807, 2.05) is 0 Å². The van der Waals surface area contributed by atoms with E-state index in [1.165, 1.54) is 122 Å². The van der Waals surface area contributed by atoms with Gasteiger partial charge in [-0.1, -0.05) is 195 Å². The first-order valence-electron chi connectivity index (χ1n) is 21.7. The maximum Gasteiger partial charge on any atom is 0.306 e. The van der Waals surface area contributed by atoms with Crippen LogP contribution in [0.25, 0.3) is 0 Å². The fourth-order valence-corrected chi connectivity index (χ4v) is 6.40. The lowest BCUT2D eigenvalue weighted by molar-refractivity contribution is -0.167. The van der Waals surface area contributed by atoms with E-state index in [2.05, 4.69) is 34.6 Å². The number of carbonyl (C=O) groups excluding carboxylic acids is 3. The average molecular weight is 709 g/mol. The van der Waals surface area contributed by atoms with Crippen LogP contribution >= 0.6 is 0 Å². The van der Waals surface area contributed by atoms with E-state index >= 15 is 0 Å². The van der Waals surface area contributed by atoms with Gasteiger partial charge in [-0.05, 0) is 31.1 Å². The Morgan fingerprint density at radius 2 is 0.660 bits per heavy atom. The maximum absolute atomic E-state index is 12.7. The summed E-state index contributed by atoms with van der Waals surface area (Å²) in [4.78, 5) is 37.6. The van der Waals surface area contributed by atoms with Gasteiger partial charge in [0.15, 0.2) is 6.10 Å². The van der Waals surface area contributed by atoms with Crippen LogP contribution in [0.15, 0.2) is 0 Å². The van der Waals surface area contributed by atoms with Gasteiger partial charge < -0.3 is 14.2 Å². The molecular weight excluding hydrogens is 624 g/mol. The number of ether oxygens (including phenoxy) is 3. The molecule has 6 heteroatoms. The molecule has 0 spiro atoms. The van der Waals surface area contributed by atoms with Gasteiger partial charge in [0.1, 0.15) is 13.2 Å². The minimum absolute atomic E-state index is 0.0662. The van der Waals surface area contributed by atoms with Crippen LogP contribution in [0.2, 0.25) is 0 Å². The van der Waals surface area contributed by atoms with Gasteiger partial charge in [0.2, 0.25) is 0 Å². The van der Waals surface area contributed by atoms with Crippen molar-refractivity contribution in [1.29, 1.82) is 0 Å². The minimum atomic E-state index is -0.760. The fraction of sp³-hybridized carbons (Fsp3) is 0.932. The summed E-state index contributed by atoms with van der Waals surface area (Å²) in [7, 11) is 0. The molecule has 0 radical (unpaired) electrons.